The molecule has 1 amide bonds. The molecule has 4 heteroatoms. The number of carbonyl (C=O) groups excluding carboxylic acids is 1. The van der Waals surface area contributed by atoms with Crippen LogP contribution in [0.25, 0.3) is 0 Å². The highest BCUT2D eigenvalue weighted by Crippen LogP contribution is 2.37. The van der Waals surface area contributed by atoms with Crippen LogP contribution in [0.1, 0.15) is 45.1 Å². The standard InChI is InChI=1S/C19H29NO3/c1-15(2)14-23-17-7-5-16(6-8-17)9-12-20-18(21)13-19(22-3)10-4-11-19/h5-8,15H,4,9-14H2,1-3H3,(H,20,21). The van der Waals surface area contributed by atoms with Gasteiger partial charge in [0.2, 0.25) is 5.91 Å². The summed E-state index contributed by atoms with van der Waals surface area (Å²) < 4.78 is 11.2. The molecule has 128 valence electrons. The summed E-state index contributed by atoms with van der Waals surface area (Å²) in [5.41, 5.74) is 1.01. The molecular formula is C19H29NO3. The van der Waals surface area contributed by atoms with Gasteiger partial charge in [-0.2, -0.15) is 0 Å². The molecule has 0 aliphatic heterocycles. The molecule has 2 rings (SSSR count). The van der Waals surface area contributed by atoms with Gasteiger partial charge < -0.3 is 14.8 Å². The first kappa shape index (κ1) is 17.8. The highest BCUT2D eigenvalue weighted by Gasteiger charge is 2.38. The summed E-state index contributed by atoms with van der Waals surface area (Å²) in [6, 6.07) is 8.11. The maximum atomic E-state index is 12.0. The highest BCUT2D eigenvalue weighted by atomic mass is 16.5. The maximum Gasteiger partial charge on any atom is 0.222 e. The molecule has 0 unspecified atom stereocenters. The zero-order valence-corrected chi connectivity index (χ0v) is 14.6. The van der Waals surface area contributed by atoms with Gasteiger partial charge in [0.25, 0.3) is 0 Å². The Morgan fingerprint density at radius 1 is 1.26 bits per heavy atom. The predicted molar refractivity (Wildman–Crippen MR) is 91.7 cm³/mol. The molecule has 0 aromatic heterocycles. The van der Waals surface area contributed by atoms with Crippen molar-refractivity contribution in [2.24, 2.45) is 5.92 Å². The number of methoxy groups -OCH3 is 1. The van der Waals surface area contributed by atoms with Gasteiger partial charge in [-0.15, -0.1) is 0 Å². The Kier molecular flexibility index (Phi) is 6.46. The lowest BCUT2D eigenvalue weighted by molar-refractivity contribution is -0.134. The normalized spacial score (nSPS) is 16.0. The third-order valence-corrected chi connectivity index (χ3v) is 4.42. The lowest BCUT2D eigenvalue weighted by atomic mass is 9.77. The number of amides is 1. The van der Waals surface area contributed by atoms with Gasteiger partial charge in [0.1, 0.15) is 5.75 Å². The second kappa shape index (κ2) is 8.34. The molecule has 1 aromatic rings. The fourth-order valence-corrected chi connectivity index (χ4v) is 2.74. The van der Waals surface area contributed by atoms with Crippen LogP contribution in [0.3, 0.4) is 0 Å². The van der Waals surface area contributed by atoms with E-state index in [-0.39, 0.29) is 11.5 Å². The van der Waals surface area contributed by atoms with Crippen molar-refractivity contribution in [1.82, 2.24) is 5.32 Å². The van der Waals surface area contributed by atoms with Gasteiger partial charge in [0, 0.05) is 13.7 Å². The van der Waals surface area contributed by atoms with Gasteiger partial charge >= 0.3 is 0 Å². The van der Waals surface area contributed by atoms with E-state index in [2.05, 4.69) is 31.3 Å². The second-order valence-corrected chi connectivity index (χ2v) is 6.87. The van der Waals surface area contributed by atoms with E-state index in [4.69, 9.17) is 9.47 Å². The Hall–Kier alpha value is -1.55. The van der Waals surface area contributed by atoms with Gasteiger partial charge in [-0.3, -0.25) is 4.79 Å². The molecule has 0 bridgehead atoms. The predicted octanol–water partition coefficient (Wildman–Crippen LogP) is 3.34. The van der Waals surface area contributed by atoms with Crippen LogP contribution in [-0.4, -0.2) is 31.8 Å². The number of rotatable bonds is 9. The van der Waals surface area contributed by atoms with Crippen LogP contribution in [0.2, 0.25) is 0 Å². The van der Waals surface area contributed by atoms with Gasteiger partial charge in [0.15, 0.2) is 0 Å². The van der Waals surface area contributed by atoms with Crippen LogP contribution < -0.4 is 10.1 Å². The smallest absolute Gasteiger partial charge is 0.222 e. The number of nitrogens with one attached hydrogen (secondary N) is 1. The SMILES string of the molecule is COC1(CC(=O)NCCc2ccc(OCC(C)C)cc2)CCC1. The van der Waals surface area contributed by atoms with Crippen molar-refractivity contribution < 1.29 is 14.3 Å². The van der Waals surface area contributed by atoms with E-state index in [0.29, 0.717) is 18.9 Å². The van der Waals surface area contributed by atoms with E-state index in [1.54, 1.807) is 7.11 Å². The van der Waals surface area contributed by atoms with E-state index in [0.717, 1.165) is 38.0 Å². The average Bonchev–Trinajstić information content (AvgIpc) is 2.50. The molecule has 1 aliphatic carbocycles. The quantitative estimate of drug-likeness (QED) is 0.759. The minimum Gasteiger partial charge on any atom is -0.493 e. The van der Waals surface area contributed by atoms with E-state index in [1.165, 1.54) is 5.56 Å². The summed E-state index contributed by atoms with van der Waals surface area (Å²) in [4.78, 5) is 12.0. The largest absolute Gasteiger partial charge is 0.493 e. The molecule has 1 aliphatic rings. The van der Waals surface area contributed by atoms with Gasteiger partial charge in [-0.25, -0.2) is 0 Å². The molecular weight excluding hydrogens is 290 g/mol. The van der Waals surface area contributed by atoms with Crippen molar-refractivity contribution in [2.45, 2.75) is 51.6 Å². The van der Waals surface area contributed by atoms with Crippen LogP contribution >= 0.6 is 0 Å². The third-order valence-electron chi connectivity index (χ3n) is 4.42. The summed E-state index contributed by atoms with van der Waals surface area (Å²) in [7, 11) is 1.70. The summed E-state index contributed by atoms with van der Waals surface area (Å²) in [5.74, 6) is 1.51. The van der Waals surface area contributed by atoms with Crippen molar-refractivity contribution in [1.29, 1.82) is 0 Å². The number of hydrogen-bond acceptors (Lipinski definition) is 3. The molecule has 0 saturated heterocycles. The first-order valence-corrected chi connectivity index (χ1v) is 8.56. The van der Waals surface area contributed by atoms with Gasteiger partial charge in [-0.1, -0.05) is 26.0 Å². The number of hydrogen-bond donors (Lipinski definition) is 1. The van der Waals surface area contributed by atoms with Crippen molar-refractivity contribution in [3.8, 4) is 5.75 Å². The first-order valence-electron chi connectivity index (χ1n) is 8.56. The Morgan fingerprint density at radius 2 is 1.96 bits per heavy atom. The Balaban J connectivity index is 1.68. The summed E-state index contributed by atoms with van der Waals surface area (Å²) in [6.45, 7) is 5.66. The number of benzene rings is 1. The third kappa shape index (κ3) is 5.54. The van der Waals surface area contributed by atoms with Gasteiger partial charge in [0.05, 0.1) is 18.6 Å². The number of carbonyl (C=O) groups is 1. The van der Waals surface area contributed by atoms with E-state index in [1.807, 2.05) is 12.1 Å². The van der Waals surface area contributed by atoms with Crippen LogP contribution in [0.5, 0.6) is 5.75 Å². The fourth-order valence-electron chi connectivity index (χ4n) is 2.74. The molecule has 1 N–H and O–H groups in total. The molecule has 1 fully saturated rings. The van der Waals surface area contributed by atoms with E-state index >= 15 is 0 Å². The van der Waals surface area contributed by atoms with Crippen LogP contribution in [-0.2, 0) is 16.0 Å². The van der Waals surface area contributed by atoms with Gasteiger partial charge in [-0.05, 0) is 49.3 Å². The maximum absolute atomic E-state index is 12.0. The first-order chi connectivity index (χ1) is 11.0. The lowest BCUT2D eigenvalue weighted by Crippen LogP contribution is -2.44. The molecule has 23 heavy (non-hydrogen) atoms. The summed E-state index contributed by atoms with van der Waals surface area (Å²) >= 11 is 0. The Bertz CT molecular complexity index is 486. The van der Waals surface area contributed by atoms with Crippen LogP contribution in [0.15, 0.2) is 24.3 Å². The molecule has 1 aromatic carbocycles. The minimum absolute atomic E-state index is 0.0865. The molecule has 1 saturated carbocycles. The fraction of sp³-hybridized carbons (Fsp3) is 0.632. The zero-order valence-electron chi connectivity index (χ0n) is 14.6. The topological polar surface area (TPSA) is 47.6 Å². The van der Waals surface area contributed by atoms with Crippen molar-refractivity contribution in [3.63, 3.8) is 0 Å². The van der Waals surface area contributed by atoms with Crippen molar-refractivity contribution >= 4 is 5.91 Å². The highest BCUT2D eigenvalue weighted by molar-refractivity contribution is 5.77. The molecule has 4 nitrogen and oxygen atoms in total. The molecule has 0 heterocycles. The molecule has 0 spiro atoms. The summed E-state index contributed by atoms with van der Waals surface area (Å²) in [6.07, 6.45) is 4.46. The Morgan fingerprint density at radius 3 is 2.48 bits per heavy atom. The van der Waals surface area contributed by atoms with Crippen molar-refractivity contribution in [2.75, 3.05) is 20.3 Å². The van der Waals surface area contributed by atoms with E-state index in [9.17, 15) is 4.79 Å². The molecule has 0 radical (unpaired) electrons. The lowest BCUT2D eigenvalue weighted by Gasteiger charge is -2.39. The monoisotopic (exact) mass is 319 g/mol. The molecule has 0 atom stereocenters. The van der Waals surface area contributed by atoms with E-state index < -0.39 is 0 Å². The second-order valence-electron chi connectivity index (χ2n) is 6.87. The summed E-state index contributed by atoms with van der Waals surface area (Å²) in [5, 5.41) is 2.99. The minimum atomic E-state index is -0.195. The Labute approximate surface area is 139 Å². The zero-order chi connectivity index (χ0) is 16.7. The van der Waals surface area contributed by atoms with Crippen LogP contribution in [0, 0.1) is 5.92 Å². The average molecular weight is 319 g/mol. The van der Waals surface area contributed by atoms with Crippen LogP contribution in [0.4, 0.5) is 0 Å². The van der Waals surface area contributed by atoms with Crippen molar-refractivity contribution in [3.05, 3.63) is 29.8 Å². The number of ether oxygens (including phenoxy) is 2.